The predicted octanol–water partition coefficient (Wildman–Crippen LogP) is 5.44. The zero-order valence-corrected chi connectivity index (χ0v) is 17.9. The van der Waals surface area contributed by atoms with Gasteiger partial charge in [0.05, 0.1) is 7.11 Å². The standard InChI is InChI=1S/C21H21BrN2O2S/c1-12(2)8-19(25)24-7-6-15-16-10-14(26-3)4-5-17(16)23-20(15)21(24)18-9-13(22)11-27-18/h4-5,8-11,21,23H,6-7H2,1-3H3/t21-/m0/s1. The zero-order valence-electron chi connectivity index (χ0n) is 15.5. The molecule has 6 heteroatoms. The number of thiophene rings is 1. The topological polar surface area (TPSA) is 45.3 Å². The van der Waals surface area contributed by atoms with E-state index in [4.69, 9.17) is 4.74 Å². The quantitative estimate of drug-likeness (QED) is 0.546. The molecule has 1 aromatic carbocycles. The first kappa shape index (κ1) is 18.3. The minimum Gasteiger partial charge on any atom is -0.497 e. The van der Waals surface area contributed by atoms with Gasteiger partial charge in [0.1, 0.15) is 11.8 Å². The maximum atomic E-state index is 12.9. The number of hydrogen-bond donors (Lipinski definition) is 1. The van der Waals surface area contributed by atoms with Crippen LogP contribution in [0.5, 0.6) is 5.75 Å². The number of rotatable bonds is 3. The summed E-state index contributed by atoms with van der Waals surface area (Å²) in [6.45, 7) is 4.61. The van der Waals surface area contributed by atoms with E-state index in [9.17, 15) is 4.79 Å². The van der Waals surface area contributed by atoms with Crippen molar-refractivity contribution >= 4 is 44.1 Å². The van der Waals surface area contributed by atoms with Gasteiger partial charge >= 0.3 is 0 Å². The fourth-order valence-corrected chi connectivity index (χ4v) is 5.29. The SMILES string of the molecule is COc1ccc2[nH]c3c(c2c1)CCN(C(=O)C=C(C)C)[C@H]3c1cc(Br)cs1. The minimum absolute atomic E-state index is 0.0615. The molecule has 1 aliphatic rings. The van der Waals surface area contributed by atoms with Gasteiger partial charge in [-0.05, 0) is 66.0 Å². The number of aromatic nitrogens is 1. The first-order valence-electron chi connectivity index (χ1n) is 8.86. The average Bonchev–Trinajstić information content (AvgIpc) is 3.22. The second kappa shape index (κ2) is 7.17. The number of carbonyl (C=O) groups excluding carboxylic acids is 1. The molecule has 1 N–H and O–H groups in total. The van der Waals surface area contributed by atoms with Crippen molar-refractivity contribution in [3.63, 3.8) is 0 Å². The summed E-state index contributed by atoms with van der Waals surface area (Å²) < 4.78 is 6.45. The van der Waals surface area contributed by atoms with Crippen LogP contribution in [0.2, 0.25) is 0 Å². The molecule has 2 aromatic heterocycles. The van der Waals surface area contributed by atoms with Gasteiger partial charge in [-0.25, -0.2) is 0 Å². The number of nitrogens with zero attached hydrogens (tertiary/aromatic N) is 1. The summed E-state index contributed by atoms with van der Waals surface area (Å²) >= 11 is 5.23. The molecule has 3 aromatic rings. The van der Waals surface area contributed by atoms with Gasteiger partial charge in [-0.1, -0.05) is 5.57 Å². The van der Waals surface area contributed by atoms with Crippen molar-refractivity contribution in [3.8, 4) is 5.75 Å². The van der Waals surface area contributed by atoms with Gasteiger partial charge in [-0.15, -0.1) is 11.3 Å². The Labute approximate surface area is 171 Å². The van der Waals surface area contributed by atoms with Crippen LogP contribution in [0.25, 0.3) is 10.9 Å². The summed E-state index contributed by atoms with van der Waals surface area (Å²) in [4.78, 5) is 19.6. The molecule has 4 rings (SSSR count). The van der Waals surface area contributed by atoms with Gasteiger partial charge < -0.3 is 14.6 Å². The predicted molar refractivity (Wildman–Crippen MR) is 114 cm³/mol. The number of nitrogens with one attached hydrogen (secondary N) is 1. The molecule has 140 valence electrons. The smallest absolute Gasteiger partial charge is 0.247 e. The van der Waals surface area contributed by atoms with E-state index >= 15 is 0 Å². The molecule has 1 aliphatic heterocycles. The Kier molecular flexibility index (Phi) is 4.86. The highest BCUT2D eigenvalue weighted by atomic mass is 79.9. The average molecular weight is 445 g/mol. The van der Waals surface area contributed by atoms with Gasteiger partial charge in [0, 0.05) is 43.9 Å². The Morgan fingerprint density at radius 3 is 2.85 bits per heavy atom. The van der Waals surface area contributed by atoms with Crippen LogP contribution >= 0.6 is 27.3 Å². The largest absolute Gasteiger partial charge is 0.497 e. The van der Waals surface area contributed by atoms with Gasteiger partial charge in [-0.3, -0.25) is 4.79 Å². The third-order valence-corrected chi connectivity index (χ3v) is 6.63. The van der Waals surface area contributed by atoms with Crippen LogP contribution in [0.4, 0.5) is 0 Å². The van der Waals surface area contributed by atoms with Crippen LogP contribution in [-0.4, -0.2) is 29.4 Å². The highest BCUT2D eigenvalue weighted by Crippen LogP contribution is 2.42. The molecule has 0 bridgehead atoms. The number of carbonyl (C=O) groups is 1. The van der Waals surface area contributed by atoms with Gasteiger partial charge in [-0.2, -0.15) is 0 Å². The number of fused-ring (bicyclic) bond motifs is 3. The molecule has 0 fully saturated rings. The summed E-state index contributed by atoms with van der Waals surface area (Å²) in [6, 6.07) is 8.11. The number of aromatic amines is 1. The number of ether oxygens (including phenoxy) is 1. The Balaban J connectivity index is 1.88. The van der Waals surface area contributed by atoms with Crippen LogP contribution < -0.4 is 4.74 Å². The maximum absolute atomic E-state index is 12.9. The van der Waals surface area contributed by atoms with Crippen molar-refractivity contribution in [3.05, 3.63) is 61.9 Å². The zero-order chi connectivity index (χ0) is 19.1. The van der Waals surface area contributed by atoms with E-state index in [1.54, 1.807) is 24.5 Å². The fourth-order valence-electron chi connectivity index (χ4n) is 3.73. The monoisotopic (exact) mass is 444 g/mol. The minimum atomic E-state index is -0.105. The van der Waals surface area contributed by atoms with E-state index in [0.29, 0.717) is 6.54 Å². The lowest BCUT2D eigenvalue weighted by atomic mass is 9.96. The number of H-pyrrole nitrogens is 1. The number of methoxy groups -OCH3 is 1. The molecular formula is C21H21BrN2O2S. The second-order valence-electron chi connectivity index (χ2n) is 7.00. The van der Waals surface area contributed by atoms with Gasteiger partial charge in [0.15, 0.2) is 0 Å². The van der Waals surface area contributed by atoms with Crippen LogP contribution in [0.15, 0.2) is 45.8 Å². The van der Waals surface area contributed by atoms with Crippen LogP contribution in [0.1, 0.15) is 36.0 Å². The number of benzene rings is 1. The van der Waals surface area contributed by atoms with Gasteiger partial charge in [0.2, 0.25) is 5.91 Å². The number of allylic oxidation sites excluding steroid dienone is 1. The highest BCUT2D eigenvalue weighted by molar-refractivity contribution is 9.10. The molecule has 4 nitrogen and oxygen atoms in total. The lowest BCUT2D eigenvalue weighted by molar-refractivity contribution is -0.128. The number of halogens is 1. The van der Waals surface area contributed by atoms with Crippen LogP contribution in [0.3, 0.4) is 0 Å². The molecular weight excluding hydrogens is 424 g/mol. The summed E-state index contributed by atoms with van der Waals surface area (Å²) in [5.41, 5.74) is 4.48. The summed E-state index contributed by atoms with van der Waals surface area (Å²) in [7, 11) is 1.69. The lowest BCUT2D eigenvalue weighted by Gasteiger charge is -2.35. The van der Waals surface area contributed by atoms with Crippen LogP contribution in [0, 0.1) is 0 Å². The van der Waals surface area contributed by atoms with E-state index < -0.39 is 0 Å². The first-order chi connectivity index (χ1) is 13.0. The van der Waals surface area contributed by atoms with Crippen molar-refractivity contribution < 1.29 is 9.53 Å². The van der Waals surface area contributed by atoms with Crippen molar-refractivity contribution in [1.29, 1.82) is 0 Å². The Morgan fingerprint density at radius 1 is 1.37 bits per heavy atom. The second-order valence-corrected chi connectivity index (χ2v) is 8.86. The molecule has 27 heavy (non-hydrogen) atoms. The Bertz CT molecular complexity index is 1050. The maximum Gasteiger partial charge on any atom is 0.247 e. The van der Waals surface area contributed by atoms with Crippen molar-refractivity contribution in [2.24, 2.45) is 0 Å². The summed E-state index contributed by atoms with van der Waals surface area (Å²) in [5, 5.41) is 3.25. The third kappa shape index (κ3) is 3.32. The summed E-state index contributed by atoms with van der Waals surface area (Å²) in [5.74, 6) is 0.911. The molecule has 1 atom stereocenters. The first-order valence-corrected chi connectivity index (χ1v) is 10.5. The van der Waals surface area contributed by atoms with Crippen LogP contribution in [-0.2, 0) is 11.2 Å². The number of hydrogen-bond acceptors (Lipinski definition) is 3. The molecule has 0 saturated carbocycles. The van der Waals surface area contributed by atoms with E-state index in [-0.39, 0.29) is 11.9 Å². The highest BCUT2D eigenvalue weighted by Gasteiger charge is 2.34. The Morgan fingerprint density at radius 2 is 2.19 bits per heavy atom. The molecule has 1 amide bonds. The Hall–Kier alpha value is -2.05. The molecule has 0 aliphatic carbocycles. The summed E-state index contributed by atoms with van der Waals surface area (Å²) in [6.07, 6.45) is 2.56. The van der Waals surface area contributed by atoms with E-state index in [2.05, 4.69) is 44.5 Å². The van der Waals surface area contributed by atoms with E-state index in [1.165, 1.54) is 10.9 Å². The molecule has 0 spiro atoms. The normalized spacial score (nSPS) is 16.3. The van der Waals surface area contributed by atoms with Gasteiger partial charge in [0.25, 0.3) is 0 Å². The lowest BCUT2D eigenvalue weighted by Crippen LogP contribution is -2.39. The van der Waals surface area contributed by atoms with Crippen molar-refractivity contribution in [2.75, 3.05) is 13.7 Å². The fraction of sp³-hybridized carbons (Fsp3) is 0.286. The van der Waals surface area contributed by atoms with Crippen molar-refractivity contribution in [1.82, 2.24) is 9.88 Å². The molecule has 0 saturated heterocycles. The van der Waals surface area contributed by atoms with E-state index in [1.807, 2.05) is 24.8 Å². The molecule has 3 heterocycles. The molecule has 0 radical (unpaired) electrons. The third-order valence-electron chi connectivity index (χ3n) is 4.89. The van der Waals surface area contributed by atoms with E-state index in [0.717, 1.165) is 38.3 Å². The molecule has 0 unspecified atom stereocenters. The number of amides is 1. The van der Waals surface area contributed by atoms with Crippen molar-refractivity contribution in [2.45, 2.75) is 26.3 Å².